The van der Waals surface area contributed by atoms with Gasteiger partial charge in [-0.15, -0.1) is 0 Å². The molecule has 0 atom stereocenters. The molecule has 0 unspecified atom stereocenters. The SMILES string of the molecule is CCc1ccnc(-n2c3ccccc3c3ccc(Oc4cc(-n5nc(C)c(-c6c(C)cccc6C)c5C(C)C)cc(C(C)(C)C)c4)cc32)c1. The van der Waals surface area contributed by atoms with E-state index in [2.05, 4.69) is 163 Å². The van der Waals surface area contributed by atoms with Crippen LogP contribution in [0, 0.1) is 20.8 Å². The highest BCUT2D eigenvalue weighted by atomic mass is 16.5. The summed E-state index contributed by atoms with van der Waals surface area (Å²) in [4.78, 5) is 4.80. The fourth-order valence-corrected chi connectivity index (χ4v) is 7.19. The van der Waals surface area contributed by atoms with Gasteiger partial charge in [0.05, 0.1) is 28.1 Å². The molecular weight excluding hydrogens is 601 g/mol. The van der Waals surface area contributed by atoms with Crippen molar-refractivity contribution >= 4 is 21.8 Å². The molecule has 49 heavy (non-hydrogen) atoms. The van der Waals surface area contributed by atoms with Crippen LogP contribution in [0.3, 0.4) is 0 Å². The molecule has 7 rings (SSSR count). The molecule has 0 aliphatic carbocycles. The van der Waals surface area contributed by atoms with E-state index in [9.17, 15) is 0 Å². The van der Waals surface area contributed by atoms with Crippen molar-refractivity contribution in [1.82, 2.24) is 19.3 Å². The molecule has 0 bridgehead atoms. The van der Waals surface area contributed by atoms with E-state index >= 15 is 0 Å². The lowest BCUT2D eigenvalue weighted by Crippen LogP contribution is -2.13. The van der Waals surface area contributed by atoms with Crippen LogP contribution in [-0.2, 0) is 11.8 Å². The van der Waals surface area contributed by atoms with Gasteiger partial charge < -0.3 is 4.74 Å². The smallest absolute Gasteiger partial charge is 0.137 e. The third kappa shape index (κ3) is 5.82. The minimum Gasteiger partial charge on any atom is -0.457 e. The number of hydrogen-bond acceptors (Lipinski definition) is 3. The summed E-state index contributed by atoms with van der Waals surface area (Å²) in [5.41, 5.74) is 12.8. The van der Waals surface area contributed by atoms with Crippen molar-refractivity contribution in [2.24, 2.45) is 0 Å². The van der Waals surface area contributed by atoms with E-state index in [4.69, 9.17) is 14.8 Å². The summed E-state index contributed by atoms with van der Waals surface area (Å²) < 4.78 is 11.2. The molecule has 7 aromatic rings. The van der Waals surface area contributed by atoms with Gasteiger partial charge in [-0.25, -0.2) is 9.67 Å². The van der Waals surface area contributed by atoms with Crippen LogP contribution in [0.15, 0.2) is 97.2 Å². The number of para-hydroxylation sites is 1. The van der Waals surface area contributed by atoms with Crippen LogP contribution in [0.1, 0.15) is 81.1 Å². The lowest BCUT2D eigenvalue weighted by molar-refractivity contribution is 0.478. The molecule has 0 saturated heterocycles. The number of benzene rings is 4. The molecular formula is C44H46N4O. The Bertz CT molecular complexity index is 2330. The molecule has 3 aromatic heterocycles. The minimum atomic E-state index is -0.101. The lowest BCUT2D eigenvalue weighted by atomic mass is 9.86. The second-order valence-corrected chi connectivity index (χ2v) is 14.7. The maximum atomic E-state index is 6.80. The van der Waals surface area contributed by atoms with Crippen LogP contribution in [-0.4, -0.2) is 19.3 Å². The first-order chi connectivity index (χ1) is 23.4. The molecule has 0 spiro atoms. The van der Waals surface area contributed by atoms with Crippen molar-refractivity contribution in [2.45, 2.75) is 80.1 Å². The van der Waals surface area contributed by atoms with Crippen LogP contribution >= 0.6 is 0 Å². The number of fused-ring (bicyclic) bond motifs is 3. The average molecular weight is 647 g/mol. The molecule has 4 aromatic carbocycles. The summed E-state index contributed by atoms with van der Waals surface area (Å²) in [5, 5.41) is 7.57. The Kier molecular flexibility index (Phi) is 8.18. The molecule has 0 N–H and O–H groups in total. The lowest BCUT2D eigenvalue weighted by Gasteiger charge is -2.22. The largest absolute Gasteiger partial charge is 0.457 e. The van der Waals surface area contributed by atoms with Gasteiger partial charge in [0, 0.05) is 34.7 Å². The van der Waals surface area contributed by atoms with Gasteiger partial charge in [-0.3, -0.25) is 4.57 Å². The standard InChI is InChI=1S/C44H46N4O/c1-10-31-20-21-45-40(22-31)47-38-17-12-11-16-36(38)37-19-18-34(26-39(37)47)49-35-24-32(44(7,8)9)23-33(25-35)48-43(27(2)3)42(30(6)46-48)41-28(4)14-13-15-29(41)5/h11-27H,10H2,1-9H3. The van der Waals surface area contributed by atoms with Gasteiger partial charge in [-0.1, -0.05) is 77.9 Å². The maximum absolute atomic E-state index is 6.80. The van der Waals surface area contributed by atoms with E-state index in [0.29, 0.717) is 0 Å². The number of aromatic nitrogens is 4. The first-order valence-electron chi connectivity index (χ1n) is 17.4. The Balaban J connectivity index is 1.39. The van der Waals surface area contributed by atoms with E-state index in [0.717, 1.165) is 46.2 Å². The van der Waals surface area contributed by atoms with Crippen molar-refractivity contribution in [3.8, 4) is 34.1 Å². The third-order valence-electron chi connectivity index (χ3n) is 9.70. The predicted octanol–water partition coefficient (Wildman–Crippen LogP) is 11.7. The number of aryl methyl sites for hydroxylation is 4. The zero-order valence-corrected chi connectivity index (χ0v) is 30.2. The Morgan fingerprint density at radius 3 is 2.18 bits per heavy atom. The van der Waals surface area contributed by atoms with Crippen molar-refractivity contribution in [1.29, 1.82) is 0 Å². The molecule has 5 heteroatoms. The molecule has 0 amide bonds. The van der Waals surface area contributed by atoms with E-state index in [1.165, 1.54) is 49.8 Å². The number of ether oxygens (including phenoxy) is 1. The van der Waals surface area contributed by atoms with Crippen LogP contribution in [0.2, 0.25) is 0 Å². The van der Waals surface area contributed by atoms with E-state index in [1.54, 1.807) is 0 Å². The Hall–Kier alpha value is -5.16. The fourth-order valence-electron chi connectivity index (χ4n) is 7.19. The molecule has 0 fully saturated rings. The highest BCUT2D eigenvalue weighted by Gasteiger charge is 2.25. The van der Waals surface area contributed by atoms with Gasteiger partial charge in [-0.2, -0.15) is 5.10 Å². The van der Waals surface area contributed by atoms with Crippen molar-refractivity contribution < 1.29 is 4.74 Å². The zero-order valence-electron chi connectivity index (χ0n) is 30.2. The second kappa shape index (κ2) is 12.4. The first kappa shape index (κ1) is 32.4. The molecule has 3 heterocycles. The average Bonchev–Trinajstić information content (AvgIpc) is 3.59. The van der Waals surface area contributed by atoms with Gasteiger partial charge in [0.15, 0.2) is 0 Å². The summed E-state index contributed by atoms with van der Waals surface area (Å²) in [6.07, 6.45) is 2.86. The van der Waals surface area contributed by atoms with Gasteiger partial charge in [0.1, 0.15) is 17.3 Å². The molecule has 0 saturated carbocycles. The van der Waals surface area contributed by atoms with Crippen molar-refractivity contribution in [3.05, 3.63) is 131 Å². The highest BCUT2D eigenvalue weighted by molar-refractivity contribution is 6.09. The summed E-state index contributed by atoms with van der Waals surface area (Å²) in [5.74, 6) is 2.72. The maximum Gasteiger partial charge on any atom is 0.137 e. The third-order valence-corrected chi connectivity index (χ3v) is 9.70. The normalized spacial score (nSPS) is 12.0. The summed E-state index contributed by atoms with van der Waals surface area (Å²) in [6, 6.07) is 32.3. The van der Waals surface area contributed by atoms with Crippen molar-refractivity contribution in [2.75, 3.05) is 0 Å². The zero-order chi connectivity index (χ0) is 34.6. The quantitative estimate of drug-likeness (QED) is 0.173. The van der Waals surface area contributed by atoms with Gasteiger partial charge in [0.25, 0.3) is 0 Å². The fraction of sp³-hybridized carbons (Fsp3) is 0.273. The van der Waals surface area contributed by atoms with Crippen LogP contribution in [0.4, 0.5) is 0 Å². The minimum absolute atomic E-state index is 0.101. The molecule has 5 nitrogen and oxygen atoms in total. The second-order valence-electron chi connectivity index (χ2n) is 14.7. The van der Waals surface area contributed by atoms with Gasteiger partial charge in [-0.05, 0) is 109 Å². The van der Waals surface area contributed by atoms with Crippen LogP contribution in [0.25, 0.3) is 44.4 Å². The monoisotopic (exact) mass is 646 g/mol. The predicted molar refractivity (Wildman–Crippen MR) is 204 cm³/mol. The van der Waals surface area contributed by atoms with Crippen LogP contribution < -0.4 is 4.74 Å². The van der Waals surface area contributed by atoms with Gasteiger partial charge in [0.2, 0.25) is 0 Å². The Labute approximate surface area is 290 Å². The van der Waals surface area contributed by atoms with Crippen molar-refractivity contribution in [3.63, 3.8) is 0 Å². The summed E-state index contributed by atoms with van der Waals surface area (Å²) >= 11 is 0. The molecule has 0 aliphatic heterocycles. The van der Waals surface area contributed by atoms with Crippen LogP contribution in [0.5, 0.6) is 11.5 Å². The molecule has 248 valence electrons. The van der Waals surface area contributed by atoms with E-state index in [-0.39, 0.29) is 11.3 Å². The number of nitrogens with zero attached hydrogens (tertiary/aromatic N) is 4. The highest BCUT2D eigenvalue weighted by Crippen LogP contribution is 2.40. The summed E-state index contributed by atoms with van der Waals surface area (Å²) in [6.45, 7) is 20.0. The van der Waals surface area contributed by atoms with E-state index < -0.39 is 0 Å². The van der Waals surface area contributed by atoms with E-state index in [1.807, 2.05) is 6.20 Å². The number of pyridine rings is 1. The number of rotatable bonds is 7. The topological polar surface area (TPSA) is 44.9 Å². The summed E-state index contributed by atoms with van der Waals surface area (Å²) in [7, 11) is 0. The molecule has 0 aliphatic rings. The Morgan fingerprint density at radius 1 is 0.735 bits per heavy atom. The molecule has 0 radical (unpaired) electrons. The Morgan fingerprint density at radius 2 is 1.47 bits per heavy atom. The first-order valence-corrected chi connectivity index (χ1v) is 17.4. The van der Waals surface area contributed by atoms with Gasteiger partial charge >= 0.3 is 0 Å². The number of hydrogen-bond donors (Lipinski definition) is 0.